The summed E-state index contributed by atoms with van der Waals surface area (Å²) in [7, 11) is 0. The Kier molecular flexibility index (Phi) is 4.16. The van der Waals surface area contributed by atoms with Crippen LogP contribution in [0.15, 0.2) is 0 Å². The first-order valence-electron chi connectivity index (χ1n) is 8.25. The molecule has 3 aliphatic rings. The molecule has 1 saturated carbocycles. The first-order valence-corrected chi connectivity index (χ1v) is 8.25. The number of nitrogens with zero attached hydrogens (tertiary/aromatic N) is 1. The molecular formula is C16H30N2O. The van der Waals surface area contributed by atoms with Gasteiger partial charge < -0.3 is 10.1 Å². The van der Waals surface area contributed by atoms with E-state index in [1.54, 1.807) is 0 Å². The fourth-order valence-electron chi connectivity index (χ4n) is 3.81. The Hall–Kier alpha value is -0.120. The molecule has 0 aromatic carbocycles. The third-order valence-corrected chi connectivity index (χ3v) is 5.51. The molecule has 1 aliphatic carbocycles. The highest BCUT2D eigenvalue weighted by Crippen LogP contribution is 2.36. The van der Waals surface area contributed by atoms with Gasteiger partial charge in [-0.2, -0.15) is 0 Å². The van der Waals surface area contributed by atoms with E-state index in [0.29, 0.717) is 5.41 Å². The highest BCUT2D eigenvalue weighted by Gasteiger charge is 2.39. The second-order valence-electron chi connectivity index (χ2n) is 7.27. The van der Waals surface area contributed by atoms with Gasteiger partial charge in [0.2, 0.25) is 0 Å². The molecule has 2 saturated heterocycles. The Morgan fingerprint density at radius 3 is 2.63 bits per heavy atom. The van der Waals surface area contributed by atoms with Crippen LogP contribution >= 0.6 is 0 Å². The average Bonchev–Trinajstić information content (AvgIpc) is 3.23. The first-order chi connectivity index (χ1) is 9.20. The second kappa shape index (κ2) is 5.71. The van der Waals surface area contributed by atoms with E-state index >= 15 is 0 Å². The van der Waals surface area contributed by atoms with Gasteiger partial charge in [-0.25, -0.2) is 0 Å². The van der Waals surface area contributed by atoms with Crippen LogP contribution in [0.3, 0.4) is 0 Å². The molecule has 2 aliphatic heterocycles. The van der Waals surface area contributed by atoms with Crippen molar-refractivity contribution in [2.75, 3.05) is 32.8 Å². The van der Waals surface area contributed by atoms with Crippen LogP contribution in [0, 0.1) is 11.3 Å². The topological polar surface area (TPSA) is 24.5 Å². The molecule has 1 N–H and O–H groups in total. The van der Waals surface area contributed by atoms with Gasteiger partial charge in [-0.3, -0.25) is 4.90 Å². The van der Waals surface area contributed by atoms with Crippen LogP contribution in [0.25, 0.3) is 0 Å². The van der Waals surface area contributed by atoms with Crippen molar-refractivity contribution in [2.24, 2.45) is 11.3 Å². The lowest BCUT2D eigenvalue weighted by Crippen LogP contribution is -2.59. The van der Waals surface area contributed by atoms with Gasteiger partial charge in [0.05, 0.1) is 0 Å². The molecule has 0 spiro atoms. The summed E-state index contributed by atoms with van der Waals surface area (Å²) in [6.45, 7) is 10.5. The van der Waals surface area contributed by atoms with Crippen LogP contribution in [0.4, 0.5) is 0 Å². The smallest absolute Gasteiger partial charge is 0.0471 e. The van der Waals surface area contributed by atoms with Crippen molar-refractivity contribution in [3.63, 3.8) is 0 Å². The standard InChI is InChI=1S/C16H30N2O/c1-3-14-10-17-15(13-4-5-13)11-18(14)12-16(2)6-8-19-9-7-16/h13-15,17H,3-12H2,1-2H3. The lowest BCUT2D eigenvalue weighted by molar-refractivity contribution is -0.0120. The number of nitrogens with one attached hydrogen (secondary N) is 1. The van der Waals surface area contributed by atoms with Gasteiger partial charge in [0.15, 0.2) is 0 Å². The summed E-state index contributed by atoms with van der Waals surface area (Å²) in [6.07, 6.45) is 6.65. The first kappa shape index (κ1) is 13.8. The minimum atomic E-state index is 0.483. The van der Waals surface area contributed by atoms with Gasteiger partial charge in [-0.15, -0.1) is 0 Å². The van der Waals surface area contributed by atoms with E-state index in [0.717, 1.165) is 31.2 Å². The fraction of sp³-hybridized carbons (Fsp3) is 1.00. The van der Waals surface area contributed by atoms with E-state index in [4.69, 9.17) is 4.74 Å². The summed E-state index contributed by atoms with van der Waals surface area (Å²) in [5.41, 5.74) is 0.483. The zero-order valence-corrected chi connectivity index (χ0v) is 12.7. The van der Waals surface area contributed by atoms with Crippen molar-refractivity contribution < 1.29 is 4.74 Å². The molecule has 3 nitrogen and oxygen atoms in total. The molecule has 0 aromatic heterocycles. The van der Waals surface area contributed by atoms with E-state index in [1.165, 1.54) is 51.7 Å². The Labute approximate surface area is 118 Å². The molecule has 2 atom stereocenters. The Bertz CT molecular complexity index is 297. The van der Waals surface area contributed by atoms with Gasteiger partial charge in [0, 0.05) is 44.9 Å². The lowest BCUT2D eigenvalue weighted by Gasteiger charge is -2.46. The maximum absolute atomic E-state index is 5.55. The van der Waals surface area contributed by atoms with Gasteiger partial charge in [0.25, 0.3) is 0 Å². The molecular weight excluding hydrogens is 236 g/mol. The molecule has 0 bridgehead atoms. The zero-order chi connectivity index (χ0) is 13.3. The number of hydrogen-bond donors (Lipinski definition) is 1. The summed E-state index contributed by atoms with van der Waals surface area (Å²) < 4.78 is 5.55. The summed E-state index contributed by atoms with van der Waals surface area (Å²) in [4.78, 5) is 2.80. The summed E-state index contributed by atoms with van der Waals surface area (Å²) in [6, 6.07) is 1.51. The highest BCUT2D eigenvalue weighted by molar-refractivity contribution is 4.96. The fourth-order valence-corrected chi connectivity index (χ4v) is 3.81. The van der Waals surface area contributed by atoms with Crippen LogP contribution in [-0.2, 0) is 4.74 Å². The van der Waals surface area contributed by atoms with Crippen molar-refractivity contribution in [2.45, 2.75) is 58.0 Å². The number of piperazine rings is 1. The summed E-state index contributed by atoms with van der Waals surface area (Å²) in [5, 5.41) is 3.80. The molecule has 2 unspecified atom stereocenters. The largest absolute Gasteiger partial charge is 0.381 e. The third-order valence-electron chi connectivity index (χ3n) is 5.51. The normalized spacial score (nSPS) is 36.3. The molecule has 0 amide bonds. The van der Waals surface area contributed by atoms with Crippen LogP contribution in [0.2, 0.25) is 0 Å². The van der Waals surface area contributed by atoms with Crippen LogP contribution in [0.1, 0.15) is 46.0 Å². The van der Waals surface area contributed by atoms with E-state index in [-0.39, 0.29) is 0 Å². The number of hydrogen-bond acceptors (Lipinski definition) is 3. The van der Waals surface area contributed by atoms with Gasteiger partial charge in [0.1, 0.15) is 0 Å². The van der Waals surface area contributed by atoms with E-state index in [2.05, 4.69) is 24.1 Å². The SMILES string of the molecule is CCC1CNC(C2CC2)CN1CC1(C)CCOCC1. The van der Waals surface area contributed by atoms with Gasteiger partial charge in [-0.1, -0.05) is 13.8 Å². The van der Waals surface area contributed by atoms with E-state index < -0.39 is 0 Å². The van der Waals surface area contributed by atoms with E-state index in [9.17, 15) is 0 Å². The predicted molar refractivity (Wildman–Crippen MR) is 78.3 cm³/mol. The molecule has 19 heavy (non-hydrogen) atoms. The maximum Gasteiger partial charge on any atom is 0.0471 e. The molecule has 3 fully saturated rings. The van der Waals surface area contributed by atoms with Crippen LogP contribution < -0.4 is 5.32 Å². The predicted octanol–water partition coefficient (Wildman–Crippen LogP) is 2.27. The summed E-state index contributed by atoms with van der Waals surface area (Å²) in [5.74, 6) is 0.975. The van der Waals surface area contributed by atoms with Crippen molar-refractivity contribution in [3.05, 3.63) is 0 Å². The van der Waals surface area contributed by atoms with Gasteiger partial charge in [-0.05, 0) is 43.4 Å². The molecule has 3 rings (SSSR count). The second-order valence-corrected chi connectivity index (χ2v) is 7.27. The average molecular weight is 266 g/mol. The third kappa shape index (κ3) is 3.32. The van der Waals surface area contributed by atoms with Crippen LogP contribution in [0.5, 0.6) is 0 Å². The Morgan fingerprint density at radius 2 is 2.00 bits per heavy atom. The monoisotopic (exact) mass is 266 g/mol. The van der Waals surface area contributed by atoms with E-state index in [1.807, 2.05) is 0 Å². The number of rotatable bonds is 4. The Balaban J connectivity index is 1.61. The minimum absolute atomic E-state index is 0.483. The molecule has 3 heteroatoms. The molecule has 0 radical (unpaired) electrons. The molecule has 110 valence electrons. The Morgan fingerprint density at radius 1 is 1.26 bits per heavy atom. The summed E-state index contributed by atoms with van der Waals surface area (Å²) >= 11 is 0. The lowest BCUT2D eigenvalue weighted by atomic mass is 9.81. The van der Waals surface area contributed by atoms with Gasteiger partial charge >= 0.3 is 0 Å². The van der Waals surface area contributed by atoms with Crippen molar-refractivity contribution in [3.8, 4) is 0 Å². The quantitative estimate of drug-likeness (QED) is 0.845. The highest BCUT2D eigenvalue weighted by atomic mass is 16.5. The molecule has 2 heterocycles. The zero-order valence-electron chi connectivity index (χ0n) is 12.7. The van der Waals surface area contributed by atoms with Crippen molar-refractivity contribution >= 4 is 0 Å². The molecule has 0 aromatic rings. The minimum Gasteiger partial charge on any atom is -0.381 e. The maximum atomic E-state index is 5.55. The number of ether oxygens (including phenoxy) is 1. The van der Waals surface area contributed by atoms with Crippen molar-refractivity contribution in [1.29, 1.82) is 0 Å². The van der Waals surface area contributed by atoms with Crippen molar-refractivity contribution in [1.82, 2.24) is 10.2 Å². The van der Waals surface area contributed by atoms with Crippen LogP contribution in [-0.4, -0.2) is 49.8 Å².